The molecule has 3 nitrogen and oxygen atoms in total. The highest BCUT2D eigenvalue weighted by molar-refractivity contribution is 5.25. The van der Waals surface area contributed by atoms with Gasteiger partial charge in [0.05, 0.1) is 0 Å². The minimum absolute atomic E-state index is 0.611. The maximum Gasteiger partial charge on any atom is 0.131 e. The van der Waals surface area contributed by atoms with Crippen LogP contribution in [-0.2, 0) is 6.54 Å². The lowest BCUT2D eigenvalue weighted by Crippen LogP contribution is -2.18. The second-order valence-electron chi connectivity index (χ2n) is 5.39. The molecule has 1 fully saturated rings. The van der Waals surface area contributed by atoms with E-state index in [1.54, 1.807) is 0 Å². The Bertz CT molecular complexity index is 372. The minimum atomic E-state index is 0.611. The number of hydrogen-bond acceptors (Lipinski definition) is 3. The molecule has 1 heterocycles. The molecule has 1 N–H and O–H groups in total. The molecule has 1 aliphatic rings. The van der Waals surface area contributed by atoms with Gasteiger partial charge in [-0.25, -0.2) is 9.97 Å². The molecule has 100 valence electrons. The first-order valence-electron chi connectivity index (χ1n) is 7.27. The average Bonchev–Trinajstić information content (AvgIpc) is 2.86. The van der Waals surface area contributed by atoms with Gasteiger partial charge in [-0.15, -0.1) is 0 Å². The molecule has 0 aliphatic heterocycles. The topological polar surface area (TPSA) is 37.8 Å². The zero-order valence-corrected chi connectivity index (χ0v) is 11.9. The Kier molecular flexibility index (Phi) is 4.70. The quantitative estimate of drug-likeness (QED) is 0.812. The maximum atomic E-state index is 4.74. The van der Waals surface area contributed by atoms with Gasteiger partial charge in [-0.3, -0.25) is 0 Å². The molecule has 0 atom stereocenters. The lowest BCUT2D eigenvalue weighted by molar-refractivity contribution is 0.636. The molecule has 18 heavy (non-hydrogen) atoms. The molecule has 0 spiro atoms. The summed E-state index contributed by atoms with van der Waals surface area (Å²) in [5.74, 6) is 1.70. The largest absolute Gasteiger partial charge is 0.313 e. The number of hydrogen-bond donors (Lipinski definition) is 1. The Hall–Kier alpha value is -0.960. The third-order valence-corrected chi connectivity index (χ3v) is 3.89. The molecule has 0 saturated heterocycles. The first-order valence-corrected chi connectivity index (χ1v) is 7.27. The van der Waals surface area contributed by atoms with Crippen LogP contribution in [0.3, 0.4) is 0 Å². The van der Waals surface area contributed by atoms with Gasteiger partial charge in [0.1, 0.15) is 5.82 Å². The van der Waals surface area contributed by atoms with Crippen LogP contribution in [0.25, 0.3) is 0 Å². The monoisotopic (exact) mass is 247 g/mol. The third-order valence-electron chi connectivity index (χ3n) is 3.89. The fourth-order valence-corrected chi connectivity index (χ4v) is 2.78. The fraction of sp³-hybridized carbons (Fsp3) is 0.733. The molecule has 1 saturated carbocycles. The highest BCUT2D eigenvalue weighted by Gasteiger charge is 2.21. The Balaban J connectivity index is 2.12. The van der Waals surface area contributed by atoms with Crippen LogP contribution in [0.15, 0.2) is 0 Å². The summed E-state index contributed by atoms with van der Waals surface area (Å²) in [6.45, 7) is 8.39. The number of aromatic nitrogens is 2. The van der Waals surface area contributed by atoms with Gasteiger partial charge in [0.2, 0.25) is 0 Å². The molecule has 1 aliphatic carbocycles. The van der Waals surface area contributed by atoms with E-state index in [9.17, 15) is 0 Å². The van der Waals surface area contributed by atoms with Crippen LogP contribution in [0, 0.1) is 13.8 Å². The van der Waals surface area contributed by atoms with Gasteiger partial charge in [-0.1, -0.05) is 19.8 Å². The summed E-state index contributed by atoms with van der Waals surface area (Å²) < 4.78 is 0. The fourth-order valence-electron chi connectivity index (χ4n) is 2.78. The van der Waals surface area contributed by atoms with Crippen molar-refractivity contribution in [3.63, 3.8) is 0 Å². The van der Waals surface area contributed by atoms with E-state index >= 15 is 0 Å². The second kappa shape index (κ2) is 6.28. The molecule has 3 heteroatoms. The highest BCUT2D eigenvalue weighted by Crippen LogP contribution is 2.32. The van der Waals surface area contributed by atoms with Crippen LogP contribution in [-0.4, -0.2) is 16.5 Å². The lowest BCUT2D eigenvalue weighted by Gasteiger charge is -2.14. The van der Waals surface area contributed by atoms with Gasteiger partial charge in [-0.2, -0.15) is 0 Å². The van der Waals surface area contributed by atoms with Crippen LogP contribution in [0.1, 0.15) is 67.7 Å². The molecule has 2 rings (SSSR count). The van der Waals surface area contributed by atoms with Crippen molar-refractivity contribution in [2.24, 2.45) is 0 Å². The van der Waals surface area contributed by atoms with Gasteiger partial charge in [-0.05, 0) is 39.7 Å². The zero-order chi connectivity index (χ0) is 13.0. The van der Waals surface area contributed by atoms with Crippen LogP contribution in [0.2, 0.25) is 0 Å². The molecular weight excluding hydrogens is 222 g/mol. The van der Waals surface area contributed by atoms with Crippen LogP contribution in [0.5, 0.6) is 0 Å². The van der Waals surface area contributed by atoms with Crippen molar-refractivity contribution in [2.45, 2.75) is 65.3 Å². The second-order valence-corrected chi connectivity index (χ2v) is 5.39. The van der Waals surface area contributed by atoms with Gasteiger partial charge in [0.15, 0.2) is 0 Å². The van der Waals surface area contributed by atoms with E-state index in [1.165, 1.54) is 37.7 Å². The van der Waals surface area contributed by atoms with Crippen molar-refractivity contribution in [2.75, 3.05) is 6.54 Å². The van der Waals surface area contributed by atoms with E-state index in [2.05, 4.69) is 26.1 Å². The number of nitrogens with zero attached hydrogens (tertiary/aromatic N) is 2. The van der Waals surface area contributed by atoms with Crippen LogP contribution in [0.4, 0.5) is 0 Å². The Morgan fingerprint density at radius 2 is 1.72 bits per heavy atom. The molecule has 1 aromatic rings. The van der Waals surface area contributed by atoms with Gasteiger partial charge >= 0.3 is 0 Å². The predicted molar refractivity (Wildman–Crippen MR) is 74.7 cm³/mol. The van der Waals surface area contributed by atoms with E-state index < -0.39 is 0 Å². The number of rotatable bonds is 5. The zero-order valence-electron chi connectivity index (χ0n) is 11.9. The van der Waals surface area contributed by atoms with E-state index in [0.717, 1.165) is 30.3 Å². The van der Waals surface area contributed by atoms with E-state index in [4.69, 9.17) is 9.97 Å². The van der Waals surface area contributed by atoms with Crippen LogP contribution < -0.4 is 5.32 Å². The van der Waals surface area contributed by atoms with Crippen LogP contribution >= 0.6 is 0 Å². The predicted octanol–water partition coefficient (Wildman–Crippen LogP) is 3.25. The normalized spacial score (nSPS) is 16.4. The van der Waals surface area contributed by atoms with Crippen molar-refractivity contribution >= 4 is 0 Å². The standard InChI is InChI=1S/C15H25N3/c1-4-9-16-10-14-11(2)17-15(18-12(14)3)13-7-5-6-8-13/h13,16H,4-10H2,1-3H3. The SMILES string of the molecule is CCCNCc1c(C)nc(C2CCCC2)nc1C. The van der Waals surface area contributed by atoms with Gasteiger partial charge in [0.25, 0.3) is 0 Å². The molecule has 0 radical (unpaired) electrons. The summed E-state index contributed by atoms with van der Waals surface area (Å²) in [5.41, 5.74) is 3.60. The lowest BCUT2D eigenvalue weighted by atomic mass is 10.1. The smallest absolute Gasteiger partial charge is 0.131 e. The van der Waals surface area contributed by atoms with Crippen molar-refractivity contribution in [1.29, 1.82) is 0 Å². The Morgan fingerprint density at radius 3 is 2.28 bits per heavy atom. The first kappa shape index (κ1) is 13.5. The van der Waals surface area contributed by atoms with Crippen molar-refractivity contribution in [3.05, 3.63) is 22.8 Å². The van der Waals surface area contributed by atoms with Gasteiger partial charge in [0, 0.05) is 29.4 Å². The molecule has 0 unspecified atom stereocenters. The Labute approximate surface area is 110 Å². The summed E-state index contributed by atoms with van der Waals surface area (Å²) in [5, 5.41) is 3.44. The summed E-state index contributed by atoms with van der Waals surface area (Å²) in [4.78, 5) is 9.49. The minimum Gasteiger partial charge on any atom is -0.313 e. The number of aryl methyl sites for hydroxylation is 2. The summed E-state index contributed by atoms with van der Waals surface area (Å²) in [6, 6.07) is 0. The summed E-state index contributed by atoms with van der Waals surface area (Å²) in [6.07, 6.45) is 6.38. The summed E-state index contributed by atoms with van der Waals surface area (Å²) in [7, 11) is 0. The maximum absolute atomic E-state index is 4.74. The molecule has 1 aromatic heterocycles. The van der Waals surface area contributed by atoms with E-state index in [0.29, 0.717) is 5.92 Å². The molecule has 0 bridgehead atoms. The third kappa shape index (κ3) is 3.08. The molecular formula is C15H25N3. The first-order chi connectivity index (χ1) is 8.72. The van der Waals surface area contributed by atoms with Crippen molar-refractivity contribution < 1.29 is 0 Å². The molecule has 0 amide bonds. The Morgan fingerprint density at radius 1 is 1.11 bits per heavy atom. The van der Waals surface area contributed by atoms with Crippen molar-refractivity contribution in [1.82, 2.24) is 15.3 Å². The number of nitrogens with one attached hydrogen (secondary N) is 1. The van der Waals surface area contributed by atoms with E-state index in [1.807, 2.05) is 0 Å². The van der Waals surface area contributed by atoms with Gasteiger partial charge < -0.3 is 5.32 Å². The average molecular weight is 247 g/mol. The molecule has 0 aromatic carbocycles. The van der Waals surface area contributed by atoms with Crippen molar-refractivity contribution in [3.8, 4) is 0 Å². The highest BCUT2D eigenvalue weighted by atomic mass is 14.9. The summed E-state index contributed by atoms with van der Waals surface area (Å²) >= 11 is 0. The van der Waals surface area contributed by atoms with E-state index in [-0.39, 0.29) is 0 Å².